The van der Waals surface area contributed by atoms with Crippen LogP contribution in [-0.2, 0) is 6.61 Å². The molecule has 26 heavy (non-hydrogen) atoms. The van der Waals surface area contributed by atoms with Crippen molar-refractivity contribution in [3.63, 3.8) is 0 Å². The first-order valence-corrected chi connectivity index (χ1v) is 9.82. The number of benzene rings is 2. The molecule has 2 aromatic carbocycles. The third-order valence-electron chi connectivity index (χ3n) is 5.55. The van der Waals surface area contributed by atoms with E-state index < -0.39 is 11.6 Å². The van der Waals surface area contributed by atoms with Crippen molar-refractivity contribution >= 4 is 0 Å². The average molecular weight is 358 g/mol. The Morgan fingerprint density at radius 1 is 0.923 bits per heavy atom. The maximum atomic E-state index is 13.2. The fourth-order valence-corrected chi connectivity index (χ4v) is 3.91. The summed E-state index contributed by atoms with van der Waals surface area (Å²) in [7, 11) is 0. The zero-order valence-corrected chi connectivity index (χ0v) is 15.5. The number of hydrogen-bond donors (Lipinski definition) is 0. The van der Waals surface area contributed by atoms with Gasteiger partial charge in [-0.1, -0.05) is 44.4 Å². The van der Waals surface area contributed by atoms with Gasteiger partial charge in [0, 0.05) is 0 Å². The first-order chi connectivity index (χ1) is 12.7. The molecule has 0 N–H and O–H groups in total. The van der Waals surface area contributed by atoms with Gasteiger partial charge in [0.05, 0.1) is 0 Å². The first-order valence-electron chi connectivity index (χ1n) is 9.82. The fourth-order valence-electron chi connectivity index (χ4n) is 3.91. The normalized spacial score (nSPS) is 20.1. The number of halogens is 2. The Labute approximate surface area is 155 Å². The molecule has 0 amide bonds. The van der Waals surface area contributed by atoms with Crippen LogP contribution < -0.4 is 4.74 Å². The van der Waals surface area contributed by atoms with E-state index in [1.807, 2.05) is 12.1 Å². The van der Waals surface area contributed by atoms with Gasteiger partial charge in [0.25, 0.3) is 0 Å². The summed E-state index contributed by atoms with van der Waals surface area (Å²) in [4.78, 5) is 0. The number of hydrogen-bond acceptors (Lipinski definition) is 1. The van der Waals surface area contributed by atoms with E-state index in [1.165, 1.54) is 56.6 Å². The zero-order valence-electron chi connectivity index (χ0n) is 15.5. The molecule has 1 nitrogen and oxygen atoms in total. The Morgan fingerprint density at radius 3 is 2.31 bits per heavy atom. The molecular weight excluding hydrogens is 330 g/mol. The molecule has 0 aliphatic heterocycles. The fraction of sp³-hybridized carbons (Fsp3) is 0.478. The quantitative estimate of drug-likeness (QED) is 0.517. The minimum absolute atomic E-state index is 0.235. The summed E-state index contributed by atoms with van der Waals surface area (Å²) in [6.07, 6.45) is 9.30. The third kappa shape index (κ3) is 5.06. The second-order valence-electron chi connectivity index (χ2n) is 7.47. The SMILES string of the molecule is CCCC[C@H]1CC[C@H](c2ccc(OCc3ccc(F)c(F)c3)cc2)CC1. The predicted molar refractivity (Wildman–Crippen MR) is 101 cm³/mol. The summed E-state index contributed by atoms with van der Waals surface area (Å²) in [5, 5.41) is 0. The third-order valence-corrected chi connectivity index (χ3v) is 5.55. The first kappa shape index (κ1) is 18.9. The largest absolute Gasteiger partial charge is 0.489 e. The summed E-state index contributed by atoms with van der Waals surface area (Å²) in [6.45, 7) is 2.50. The summed E-state index contributed by atoms with van der Waals surface area (Å²) in [5.74, 6) is 0.673. The van der Waals surface area contributed by atoms with Crippen LogP contribution in [0.2, 0.25) is 0 Å². The molecule has 1 aliphatic rings. The molecule has 0 atom stereocenters. The Balaban J connectivity index is 1.50. The van der Waals surface area contributed by atoms with Crippen LogP contribution in [0.15, 0.2) is 42.5 Å². The van der Waals surface area contributed by atoms with Crippen LogP contribution in [0.5, 0.6) is 5.75 Å². The lowest BCUT2D eigenvalue weighted by molar-refractivity contribution is 0.300. The molecule has 0 unspecified atom stereocenters. The van der Waals surface area contributed by atoms with E-state index in [0.29, 0.717) is 11.5 Å². The molecule has 0 bridgehead atoms. The highest BCUT2D eigenvalue weighted by atomic mass is 19.2. The highest BCUT2D eigenvalue weighted by Crippen LogP contribution is 2.38. The van der Waals surface area contributed by atoms with Crippen LogP contribution in [0, 0.1) is 17.6 Å². The average Bonchev–Trinajstić information content (AvgIpc) is 2.68. The second kappa shape index (κ2) is 9.16. The second-order valence-corrected chi connectivity index (χ2v) is 7.47. The molecule has 1 saturated carbocycles. The van der Waals surface area contributed by atoms with E-state index in [1.54, 1.807) is 6.07 Å². The maximum absolute atomic E-state index is 13.2. The topological polar surface area (TPSA) is 9.23 Å². The molecule has 3 heteroatoms. The Morgan fingerprint density at radius 2 is 1.65 bits per heavy atom. The van der Waals surface area contributed by atoms with Crippen molar-refractivity contribution in [2.45, 2.75) is 64.4 Å². The molecule has 1 aliphatic carbocycles. The Bertz CT molecular complexity index is 688. The number of unbranched alkanes of at least 4 members (excludes halogenated alkanes) is 1. The van der Waals surface area contributed by atoms with E-state index in [4.69, 9.17) is 4.74 Å². The summed E-state index contributed by atoms with van der Waals surface area (Å²) < 4.78 is 31.9. The highest BCUT2D eigenvalue weighted by molar-refractivity contribution is 5.30. The summed E-state index contributed by atoms with van der Waals surface area (Å²) in [6, 6.07) is 12.1. The van der Waals surface area contributed by atoms with Crippen LogP contribution in [0.1, 0.15) is 68.9 Å². The van der Waals surface area contributed by atoms with Gasteiger partial charge in [0.2, 0.25) is 0 Å². The van der Waals surface area contributed by atoms with Crippen LogP contribution in [0.3, 0.4) is 0 Å². The van der Waals surface area contributed by atoms with E-state index in [0.717, 1.165) is 17.7 Å². The van der Waals surface area contributed by atoms with Crippen molar-refractivity contribution in [2.75, 3.05) is 0 Å². The van der Waals surface area contributed by atoms with E-state index in [2.05, 4.69) is 19.1 Å². The van der Waals surface area contributed by atoms with Gasteiger partial charge in [0.1, 0.15) is 12.4 Å². The van der Waals surface area contributed by atoms with E-state index in [-0.39, 0.29) is 6.61 Å². The van der Waals surface area contributed by atoms with Gasteiger partial charge in [-0.25, -0.2) is 8.78 Å². The standard InChI is InChI=1S/C23H28F2O/c1-2-3-4-17-5-8-19(9-6-17)20-10-12-21(13-11-20)26-16-18-7-14-22(24)23(25)15-18/h7,10-15,17,19H,2-6,8-9,16H2,1H3/t17-,19-. The van der Waals surface area contributed by atoms with Crippen molar-refractivity contribution in [1.29, 1.82) is 0 Å². The molecule has 0 radical (unpaired) electrons. The smallest absolute Gasteiger partial charge is 0.159 e. The molecule has 0 saturated heterocycles. The molecule has 0 aromatic heterocycles. The lowest BCUT2D eigenvalue weighted by atomic mass is 9.77. The van der Waals surface area contributed by atoms with Gasteiger partial charge in [-0.15, -0.1) is 0 Å². The van der Waals surface area contributed by atoms with Crippen molar-refractivity contribution in [3.05, 3.63) is 65.2 Å². The molecule has 140 valence electrons. The van der Waals surface area contributed by atoms with Gasteiger partial charge in [-0.05, 0) is 72.9 Å². The summed E-state index contributed by atoms with van der Waals surface area (Å²) in [5.41, 5.74) is 2.01. The van der Waals surface area contributed by atoms with Gasteiger partial charge >= 0.3 is 0 Å². The van der Waals surface area contributed by atoms with Crippen LogP contribution >= 0.6 is 0 Å². The highest BCUT2D eigenvalue weighted by Gasteiger charge is 2.21. The Kier molecular flexibility index (Phi) is 6.65. The molecule has 3 rings (SSSR count). The maximum Gasteiger partial charge on any atom is 0.159 e. The van der Waals surface area contributed by atoms with Gasteiger partial charge < -0.3 is 4.74 Å². The zero-order chi connectivity index (χ0) is 18.4. The van der Waals surface area contributed by atoms with E-state index in [9.17, 15) is 8.78 Å². The Hall–Kier alpha value is -1.90. The van der Waals surface area contributed by atoms with Gasteiger partial charge in [-0.2, -0.15) is 0 Å². The van der Waals surface area contributed by atoms with Gasteiger partial charge in [-0.3, -0.25) is 0 Å². The van der Waals surface area contributed by atoms with Gasteiger partial charge in [0.15, 0.2) is 11.6 Å². The van der Waals surface area contributed by atoms with Crippen molar-refractivity contribution in [2.24, 2.45) is 5.92 Å². The minimum atomic E-state index is -0.837. The molecule has 1 fully saturated rings. The summed E-state index contributed by atoms with van der Waals surface area (Å²) >= 11 is 0. The van der Waals surface area contributed by atoms with Crippen molar-refractivity contribution < 1.29 is 13.5 Å². The molecular formula is C23H28F2O. The lowest BCUT2D eigenvalue weighted by Gasteiger charge is -2.28. The van der Waals surface area contributed by atoms with Crippen LogP contribution in [0.4, 0.5) is 8.78 Å². The lowest BCUT2D eigenvalue weighted by Crippen LogP contribution is -2.13. The monoisotopic (exact) mass is 358 g/mol. The molecule has 0 heterocycles. The molecule has 2 aromatic rings. The van der Waals surface area contributed by atoms with E-state index >= 15 is 0 Å². The van der Waals surface area contributed by atoms with Crippen molar-refractivity contribution in [1.82, 2.24) is 0 Å². The number of rotatable bonds is 7. The van der Waals surface area contributed by atoms with Crippen molar-refractivity contribution in [3.8, 4) is 5.75 Å². The van der Waals surface area contributed by atoms with Crippen LogP contribution in [0.25, 0.3) is 0 Å². The minimum Gasteiger partial charge on any atom is -0.489 e. The molecule has 0 spiro atoms. The van der Waals surface area contributed by atoms with Crippen LogP contribution in [-0.4, -0.2) is 0 Å². The number of ether oxygens (including phenoxy) is 1. The predicted octanol–water partition coefficient (Wildman–Crippen LogP) is 7.01.